The average Bonchev–Trinajstić information content (AvgIpc) is 2.33. The number of aliphatic hydroxyl groups is 1. The Morgan fingerprint density at radius 3 is 2.92 bits per heavy atom. The fourth-order valence-electron chi connectivity index (χ4n) is 1.67. The molecule has 66 valence electrons. The van der Waals surface area contributed by atoms with E-state index in [1.54, 1.807) is 6.08 Å². The van der Waals surface area contributed by atoms with Crippen molar-refractivity contribution in [3.05, 3.63) is 23.8 Å². The zero-order chi connectivity index (χ0) is 9.14. The quantitative estimate of drug-likeness (QED) is 0.509. The molecule has 0 bridgehead atoms. The maximum absolute atomic E-state index is 10.6. The van der Waals surface area contributed by atoms with E-state index in [-0.39, 0.29) is 5.92 Å². The second-order valence-electron chi connectivity index (χ2n) is 3.20. The number of allylic oxidation sites excluding steroid dienone is 2. The van der Waals surface area contributed by atoms with Crippen LogP contribution in [0.4, 0.5) is 0 Å². The third-order valence-electron chi connectivity index (χ3n) is 2.46. The fraction of sp³-hybridized carbons (Fsp3) is 0.500. The summed E-state index contributed by atoms with van der Waals surface area (Å²) in [7, 11) is 0. The molecule has 1 rings (SSSR count). The molecule has 0 amide bonds. The first-order valence-electron chi connectivity index (χ1n) is 4.14. The third kappa shape index (κ3) is 1.48. The molecule has 0 fully saturated rings. The van der Waals surface area contributed by atoms with Gasteiger partial charge in [0.2, 0.25) is 0 Å². The Morgan fingerprint density at radius 2 is 2.42 bits per heavy atom. The normalized spacial score (nSPS) is 29.2. The van der Waals surface area contributed by atoms with Gasteiger partial charge in [-0.25, -0.2) is 0 Å². The molecular weight excluding hydrogens is 152 g/mol. The monoisotopic (exact) mass is 166 g/mol. The van der Waals surface area contributed by atoms with Crippen LogP contribution in [0.25, 0.3) is 0 Å². The van der Waals surface area contributed by atoms with Crippen molar-refractivity contribution in [3.63, 3.8) is 0 Å². The second kappa shape index (κ2) is 3.68. The van der Waals surface area contributed by atoms with E-state index in [4.69, 9.17) is 0 Å². The number of carbonyl (C=O) groups is 1. The Hall–Kier alpha value is -0.890. The molecule has 1 aliphatic carbocycles. The summed E-state index contributed by atoms with van der Waals surface area (Å²) in [6.07, 6.45) is 3.53. The average molecular weight is 166 g/mol. The van der Waals surface area contributed by atoms with Crippen molar-refractivity contribution in [2.45, 2.75) is 25.9 Å². The highest BCUT2D eigenvalue weighted by atomic mass is 16.3. The van der Waals surface area contributed by atoms with E-state index in [0.717, 1.165) is 17.4 Å². The molecule has 2 nitrogen and oxygen atoms in total. The molecule has 1 aliphatic rings. The molecule has 0 radical (unpaired) electrons. The predicted octanol–water partition coefficient (Wildman–Crippen LogP) is 1.46. The Morgan fingerprint density at radius 1 is 1.75 bits per heavy atom. The van der Waals surface area contributed by atoms with Gasteiger partial charge < -0.3 is 9.90 Å². The lowest BCUT2D eigenvalue weighted by molar-refractivity contribution is -0.110. The van der Waals surface area contributed by atoms with Gasteiger partial charge in [-0.2, -0.15) is 0 Å². The Bertz CT molecular complexity index is 228. The minimum atomic E-state index is -0.421. The van der Waals surface area contributed by atoms with Crippen LogP contribution in [-0.2, 0) is 4.79 Å². The van der Waals surface area contributed by atoms with E-state index < -0.39 is 6.10 Å². The summed E-state index contributed by atoms with van der Waals surface area (Å²) in [5.74, 6) is -0.0852. The molecule has 12 heavy (non-hydrogen) atoms. The van der Waals surface area contributed by atoms with Gasteiger partial charge in [0.15, 0.2) is 0 Å². The van der Waals surface area contributed by atoms with Gasteiger partial charge in [0.05, 0.1) is 6.10 Å². The van der Waals surface area contributed by atoms with E-state index >= 15 is 0 Å². The summed E-state index contributed by atoms with van der Waals surface area (Å²) < 4.78 is 0. The van der Waals surface area contributed by atoms with Crippen LogP contribution in [0.1, 0.15) is 19.8 Å². The molecule has 0 aromatic carbocycles. The first kappa shape index (κ1) is 9.20. The highest BCUT2D eigenvalue weighted by molar-refractivity contribution is 5.61. The molecule has 0 spiro atoms. The van der Waals surface area contributed by atoms with Gasteiger partial charge in [0.1, 0.15) is 6.29 Å². The van der Waals surface area contributed by atoms with E-state index in [1.165, 1.54) is 0 Å². The molecule has 0 aromatic heterocycles. The molecule has 0 saturated carbocycles. The number of carbonyl (C=O) groups excluding carboxylic acids is 1. The summed E-state index contributed by atoms with van der Waals surface area (Å²) in [5.41, 5.74) is 2.00. The highest BCUT2D eigenvalue weighted by Gasteiger charge is 2.28. The van der Waals surface area contributed by atoms with Crippen LogP contribution in [0.3, 0.4) is 0 Å². The summed E-state index contributed by atoms with van der Waals surface area (Å²) in [4.78, 5) is 10.6. The summed E-state index contributed by atoms with van der Waals surface area (Å²) in [6.45, 7) is 5.50. The van der Waals surface area contributed by atoms with Crippen LogP contribution in [-0.4, -0.2) is 17.5 Å². The lowest BCUT2D eigenvalue weighted by Crippen LogP contribution is -2.05. The Labute approximate surface area is 72.6 Å². The van der Waals surface area contributed by atoms with Crippen molar-refractivity contribution >= 4 is 6.29 Å². The number of rotatable bonds is 3. The predicted molar refractivity (Wildman–Crippen MR) is 47.7 cm³/mol. The van der Waals surface area contributed by atoms with Gasteiger partial charge >= 0.3 is 0 Å². The van der Waals surface area contributed by atoms with E-state index in [0.29, 0.717) is 12.8 Å². The maximum atomic E-state index is 10.6. The maximum Gasteiger partial charge on any atom is 0.127 e. The number of aldehydes is 1. The van der Waals surface area contributed by atoms with Crippen LogP contribution in [0.5, 0.6) is 0 Å². The first-order valence-corrected chi connectivity index (χ1v) is 4.14. The van der Waals surface area contributed by atoms with Crippen molar-refractivity contribution in [1.29, 1.82) is 0 Å². The van der Waals surface area contributed by atoms with Crippen LogP contribution >= 0.6 is 0 Å². The van der Waals surface area contributed by atoms with Gasteiger partial charge in [0.25, 0.3) is 0 Å². The van der Waals surface area contributed by atoms with Crippen LogP contribution in [0.2, 0.25) is 0 Å². The number of aliphatic hydroxyl groups excluding tert-OH is 1. The fourth-order valence-corrected chi connectivity index (χ4v) is 1.67. The Balaban J connectivity index is 2.85. The van der Waals surface area contributed by atoms with Crippen LogP contribution in [0.15, 0.2) is 23.8 Å². The Kier molecular flexibility index (Phi) is 2.82. The van der Waals surface area contributed by atoms with Crippen LogP contribution in [0, 0.1) is 5.92 Å². The zero-order valence-corrected chi connectivity index (χ0v) is 7.29. The minimum absolute atomic E-state index is 0.0852. The van der Waals surface area contributed by atoms with Crippen molar-refractivity contribution in [3.8, 4) is 0 Å². The molecule has 2 heteroatoms. The third-order valence-corrected chi connectivity index (χ3v) is 2.46. The van der Waals surface area contributed by atoms with Gasteiger partial charge in [-0.1, -0.05) is 11.6 Å². The minimum Gasteiger partial charge on any atom is -0.389 e. The van der Waals surface area contributed by atoms with Crippen molar-refractivity contribution in [2.24, 2.45) is 5.92 Å². The highest BCUT2D eigenvalue weighted by Crippen LogP contribution is 2.32. The summed E-state index contributed by atoms with van der Waals surface area (Å²) >= 11 is 0. The van der Waals surface area contributed by atoms with Gasteiger partial charge in [-0.15, -0.1) is 6.58 Å². The van der Waals surface area contributed by atoms with E-state index in [9.17, 15) is 9.90 Å². The molecule has 0 aliphatic heterocycles. The largest absolute Gasteiger partial charge is 0.389 e. The molecule has 0 heterocycles. The lowest BCUT2D eigenvalue weighted by atomic mass is 10.00. The second-order valence-corrected chi connectivity index (χ2v) is 3.20. The number of hydrogen-bond donors (Lipinski definition) is 1. The van der Waals surface area contributed by atoms with E-state index in [2.05, 4.69) is 6.58 Å². The molecule has 0 aromatic rings. The summed E-state index contributed by atoms with van der Waals surface area (Å²) in [5, 5.41) is 9.45. The van der Waals surface area contributed by atoms with Crippen molar-refractivity contribution in [1.82, 2.24) is 0 Å². The van der Waals surface area contributed by atoms with Gasteiger partial charge in [0, 0.05) is 5.92 Å². The van der Waals surface area contributed by atoms with Crippen molar-refractivity contribution in [2.75, 3.05) is 0 Å². The van der Waals surface area contributed by atoms with Crippen LogP contribution < -0.4 is 0 Å². The van der Waals surface area contributed by atoms with Crippen molar-refractivity contribution < 1.29 is 9.90 Å². The van der Waals surface area contributed by atoms with Gasteiger partial charge in [-0.05, 0) is 25.3 Å². The smallest absolute Gasteiger partial charge is 0.127 e. The molecule has 0 saturated heterocycles. The standard InChI is InChI=1S/C10H14O2/c1-3-4-9-7(2)10(12)5-8(9)6-11/h3,6,8,10,12H,1,4-5H2,2H3/t8?,10-/m0/s1. The lowest BCUT2D eigenvalue weighted by Gasteiger charge is -2.04. The first-order chi connectivity index (χ1) is 5.70. The molecule has 2 atom stereocenters. The van der Waals surface area contributed by atoms with E-state index in [1.807, 2.05) is 6.92 Å². The molecule has 1 unspecified atom stereocenters. The SMILES string of the molecule is C=CCC1=C(C)[C@@H](O)CC1C=O. The van der Waals surface area contributed by atoms with Gasteiger partial charge in [-0.3, -0.25) is 0 Å². The zero-order valence-electron chi connectivity index (χ0n) is 7.29. The number of hydrogen-bond acceptors (Lipinski definition) is 2. The topological polar surface area (TPSA) is 37.3 Å². The molecular formula is C10H14O2. The summed E-state index contributed by atoms with van der Waals surface area (Å²) in [6, 6.07) is 0. The molecule has 1 N–H and O–H groups in total.